The molecule has 144 valence electrons. The summed E-state index contributed by atoms with van der Waals surface area (Å²) in [5.74, 6) is 1.67. The molecule has 3 aromatic rings. The maximum Gasteiger partial charge on any atom is 0.225 e. The summed E-state index contributed by atoms with van der Waals surface area (Å²) in [5.41, 5.74) is 4.74. The molecule has 1 fully saturated rings. The van der Waals surface area contributed by atoms with Crippen molar-refractivity contribution in [1.82, 2.24) is 15.0 Å². The molecule has 6 heteroatoms. The van der Waals surface area contributed by atoms with E-state index >= 15 is 0 Å². The molecule has 0 amide bonds. The molecular weight excluding hydrogens is 348 g/mol. The van der Waals surface area contributed by atoms with Crippen molar-refractivity contribution in [1.29, 1.82) is 0 Å². The summed E-state index contributed by atoms with van der Waals surface area (Å²) >= 11 is 0. The number of benzene rings is 1. The fourth-order valence-corrected chi connectivity index (χ4v) is 3.49. The van der Waals surface area contributed by atoms with Gasteiger partial charge in [0, 0.05) is 62.6 Å². The minimum absolute atomic E-state index is 0.674. The standard InChI is InChI=1S/C22H26N6/c1-17-4-3-5-20(14-17)27-10-12-28(13-11-27)21-15-18(2)25-22(26-21)24-16-19-6-8-23-9-7-19/h3-9,14-15H,10-13,16H2,1-2H3,(H,24,25,26). The fourth-order valence-electron chi connectivity index (χ4n) is 3.49. The Kier molecular flexibility index (Phi) is 5.37. The molecule has 1 aliphatic rings. The van der Waals surface area contributed by atoms with Crippen LogP contribution in [0, 0.1) is 13.8 Å². The van der Waals surface area contributed by atoms with E-state index in [2.05, 4.69) is 62.3 Å². The summed E-state index contributed by atoms with van der Waals surface area (Å²) in [6, 6.07) is 14.8. The summed E-state index contributed by atoms with van der Waals surface area (Å²) in [7, 11) is 0. The number of pyridine rings is 1. The minimum atomic E-state index is 0.674. The molecule has 6 nitrogen and oxygen atoms in total. The number of aromatic nitrogens is 3. The van der Waals surface area contributed by atoms with E-state index in [0.717, 1.165) is 43.3 Å². The van der Waals surface area contributed by atoms with Crippen molar-refractivity contribution in [3.05, 3.63) is 71.7 Å². The van der Waals surface area contributed by atoms with Gasteiger partial charge in [0.15, 0.2) is 0 Å². The normalized spacial score (nSPS) is 14.2. The van der Waals surface area contributed by atoms with Crippen LogP contribution in [0.1, 0.15) is 16.8 Å². The second kappa shape index (κ2) is 8.25. The van der Waals surface area contributed by atoms with E-state index in [-0.39, 0.29) is 0 Å². The second-order valence-electron chi connectivity index (χ2n) is 7.21. The monoisotopic (exact) mass is 374 g/mol. The molecule has 1 saturated heterocycles. The van der Waals surface area contributed by atoms with Gasteiger partial charge in [-0.3, -0.25) is 4.98 Å². The molecule has 0 unspecified atom stereocenters. The Balaban J connectivity index is 1.41. The van der Waals surface area contributed by atoms with Crippen molar-refractivity contribution in [2.24, 2.45) is 0 Å². The first kappa shape index (κ1) is 18.2. The predicted octanol–water partition coefficient (Wildman–Crippen LogP) is 3.43. The summed E-state index contributed by atoms with van der Waals surface area (Å²) < 4.78 is 0. The van der Waals surface area contributed by atoms with E-state index in [0.29, 0.717) is 12.5 Å². The van der Waals surface area contributed by atoms with Gasteiger partial charge in [-0.1, -0.05) is 12.1 Å². The van der Waals surface area contributed by atoms with E-state index in [1.54, 1.807) is 12.4 Å². The van der Waals surface area contributed by atoms with Crippen LogP contribution in [-0.4, -0.2) is 41.1 Å². The maximum atomic E-state index is 4.75. The molecule has 0 bridgehead atoms. The molecule has 1 aromatic carbocycles. The fraction of sp³-hybridized carbons (Fsp3) is 0.318. The number of hydrogen-bond donors (Lipinski definition) is 1. The van der Waals surface area contributed by atoms with Gasteiger partial charge in [-0.2, -0.15) is 4.98 Å². The van der Waals surface area contributed by atoms with Crippen molar-refractivity contribution in [3.8, 4) is 0 Å². The van der Waals surface area contributed by atoms with E-state index in [1.165, 1.54) is 11.3 Å². The Bertz CT molecular complexity index is 919. The molecule has 0 aliphatic carbocycles. The molecule has 0 atom stereocenters. The van der Waals surface area contributed by atoms with Crippen molar-refractivity contribution < 1.29 is 0 Å². The van der Waals surface area contributed by atoms with Gasteiger partial charge in [-0.05, 0) is 49.2 Å². The molecule has 28 heavy (non-hydrogen) atoms. The molecule has 3 heterocycles. The number of aryl methyl sites for hydroxylation is 2. The molecular formula is C22H26N6. The van der Waals surface area contributed by atoms with Crippen molar-refractivity contribution in [2.75, 3.05) is 41.3 Å². The lowest BCUT2D eigenvalue weighted by Crippen LogP contribution is -2.47. The zero-order valence-electron chi connectivity index (χ0n) is 16.5. The van der Waals surface area contributed by atoms with E-state index in [4.69, 9.17) is 4.98 Å². The first-order valence-corrected chi connectivity index (χ1v) is 9.72. The zero-order chi connectivity index (χ0) is 19.3. The average molecular weight is 374 g/mol. The maximum absolute atomic E-state index is 4.75. The smallest absolute Gasteiger partial charge is 0.225 e. The van der Waals surface area contributed by atoms with Crippen LogP contribution < -0.4 is 15.1 Å². The van der Waals surface area contributed by atoms with E-state index < -0.39 is 0 Å². The summed E-state index contributed by atoms with van der Waals surface area (Å²) in [6.45, 7) is 8.74. The Morgan fingerprint density at radius 3 is 2.39 bits per heavy atom. The Morgan fingerprint density at radius 2 is 1.64 bits per heavy atom. The minimum Gasteiger partial charge on any atom is -0.368 e. The third-order valence-electron chi connectivity index (χ3n) is 5.01. The third kappa shape index (κ3) is 4.39. The highest BCUT2D eigenvalue weighted by molar-refractivity contribution is 5.52. The van der Waals surface area contributed by atoms with Gasteiger partial charge >= 0.3 is 0 Å². The number of nitrogens with one attached hydrogen (secondary N) is 1. The lowest BCUT2D eigenvalue weighted by Gasteiger charge is -2.37. The van der Waals surface area contributed by atoms with Gasteiger partial charge < -0.3 is 15.1 Å². The molecule has 0 spiro atoms. The first-order chi connectivity index (χ1) is 13.7. The summed E-state index contributed by atoms with van der Waals surface area (Å²) in [6.07, 6.45) is 3.60. The topological polar surface area (TPSA) is 57.2 Å². The van der Waals surface area contributed by atoms with Crippen molar-refractivity contribution in [3.63, 3.8) is 0 Å². The van der Waals surface area contributed by atoms with Crippen molar-refractivity contribution >= 4 is 17.5 Å². The first-order valence-electron chi connectivity index (χ1n) is 9.72. The lowest BCUT2D eigenvalue weighted by molar-refractivity contribution is 0.646. The lowest BCUT2D eigenvalue weighted by atomic mass is 10.2. The van der Waals surface area contributed by atoms with Crippen LogP contribution in [0.25, 0.3) is 0 Å². The van der Waals surface area contributed by atoms with Crippen LogP contribution in [-0.2, 0) is 6.54 Å². The third-order valence-corrected chi connectivity index (χ3v) is 5.01. The van der Waals surface area contributed by atoms with Gasteiger partial charge in [0.1, 0.15) is 5.82 Å². The predicted molar refractivity (Wildman–Crippen MR) is 114 cm³/mol. The molecule has 2 aromatic heterocycles. The molecule has 4 rings (SSSR count). The van der Waals surface area contributed by atoms with Gasteiger partial charge in [0.25, 0.3) is 0 Å². The highest BCUT2D eigenvalue weighted by Gasteiger charge is 2.19. The van der Waals surface area contributed by atoms with Crippen LogP contribution in [0.5, 0.6) is 0 Å². The molecule has 0 radical (unpaired) electrons. The van der Waals surface area contributed by atoms with E-state index in [1.807, 2.05) is 19.1 Å². The highest BCUT2D eigenvalue weighted by atomic mass is 15.3. The molecule has 1 aliphatic heterocycles. The quantitative estimate of drug-likeness (QED) is 0.738. The molecule has 1 N–H and O–H groups in total. The number of anilines is 3. The van der Waals surface area contributed by atoms with Gasteiger partial charge in [-0.25, -0.2) is 4.98 Å². The van der Waals surface area contributed by atoms with Crippen LogP contribution in [0.2, 0.25) is 0 Å². The van der Waals surface area contributed by atoms with Crippen LogP contribution in [0.15, 0.2) is 54.9 Å². The largest absolute Gasteiger partial charge is 0.368 e. The number of piperazine rings is 1. The van der Waals surface area contributed by atoms with Crippen LogP contribution in [0.4, 0.5) is 17.5 Å². The van der Waals surface area contributed by atoms with Crippen molar-refractivity contribution in [2.45, 2.75) is 20.4 Å². The van der Waals surface area contributed by atoms with Crippen LogP contribution >= 0.6 is 0 Å². The molecule has 0 saturated carbocycles. The van der Waals surface area contributed by atoms with E-state index in [9.17, 15) is 0 Å². The highest BCUT2D eigenvalue weighted by Crippen LogP contribution is 2.21. The SMILES string of the molecule is Cc1cccc(N2CCN(c3cc(C)nc(NCc4ccncc4)n3)CC2)c1. The number of rotatable bonds is 5. The second-order valence-corrected chi connectivity index (χ2v) is 7.21. The number of nitrogens with zero attached hydrogens (tertiary/aromatic N) is 5. The van der Waals surface area contributed by atoms with Gasteiger partial charge in [0.2, 0.25) is 5.95 Å². The van der Waals surface area contributed by atoms with Gasteiger partial charge in [-0.15, -0.1) is 0 Å². The summed E-state index contributed by atoms with van der Waals surface area (Å²) in [4.78, 5) is 18.1. The van der Waals surface area contributed by atoms with Gasteiger partial charge in [0.05, 0.1) is 0 Å². The Labute approximate surface area is 166 Å². The average Bonchev–Trinajstić information content (AvgIpc) is 2.73. The Morgan fingerprint density at radius 1 is 0.893 bits per heavy atom. The number of hydrogen-bond acceptors (Lipinski definition) is 6. The Hall–Kier alpha value is -3.15. The van der Waals surface area contributed by atoms with Crippen LogP contribution in [0.3, 0.4) is 0 Å². The zero-order valence-corrected chi connectivity index (χ0v) is 16.5. The summed E-state index contributed by atoms with van der Waals surface area (Å²) in [5, 5.41) is 3.34.